The summed E-state index contributed by atoms with van der Waals surface area (Å²) < 4.78 is 25.1. The monoisotopic (exact) mass is 354 g/mol. The highest BCUT2D eigenvalue weighted by Crippen LogP contribution is 2.41. The Labute approximate surface area is 131 Å². The summed E-state index contributed by atoms with van der Waals surface area (Å²) in [5.74, 6) is 0.547. The van der Waals surface area contributed by atoms with E-state index in [0.29, 0.717) is 21.5 Å². The van der Waals surface area contributed by atoms with E-state index in [-0.39, 0.29) is 5.56 Å². The van der Waals surface area contributed by atoms with Crippen LogP contribution in [0.4, 0.5) is 4.39 Å². The van der Waals surface area contributed by atoms with E-state index in [1.165, 1.54) is 20.3 Å². The molecule has 112 valence electrons. The molecule has 1 N–H and O–H groups in total. The van der Waals surface area contributed by atoms with Gasteiger partial charge in [0.15, 0.2) is 0 Å². The van der Waals surface area contributed by atoms with Gasteiger partial charge in [0, 0.05) is 11.1 Å². The quantitative estimate of drug-likeness (QED) is 0.901. The molecule has 0 saturated heterocycles. The number of aliphatic hydroxyl groups excluding tert-OH is 1. The number of methoxy groups -OCH3 is 2. The number of halogens is 2. The van der Waals surface area contributed by atoms with Gasteiger partial charge in [0.2, 0.25) is 0 Å². The van der Waals surface area contributed by atoms with E-state index >= 15 is 0 Å². The zero-order chi connectivity index (χ0) is 15.6. The second-order valence-corrected chi connectivity index (χ2v) is 5.42. The summed E-state index contributed by atoms with van der Waals surface area (Å²) in [6.45, 7) is 1.80. The molecule has 0 spiro atoms. The fourth-order valence-electron chi connectivity index (χ4n) is 2.15. The number of aryl methyl sites for hydroxylation is 1. The highest BCUT2D eigenvalue weighted by Gasteiger charge is 2.22. The third kappa shape index (κ3) is 3.04. The maximum absolute atomic E-state index is 14.0. The van der Waals surface area contributed by atoms with Gasteiger partial charge in [-0.1, -0.05) is 12.1 Å². The number of hydrogen-bond donors (Lipinski definition) is 1. The van der Waals surface area contributed by atoms with Gasteiger partial charge in [-0.15, -0.1) is 0 Å². The van der Waals surface area contributed by atoms with Crippen molar-refractivity contribution in [2.75, 3.05) is 14.2 Å². The number of hydrogen-bond acceptors (Lipinski definition) is 3. The predicted molar refractivity (Wildman–Crippen MR) is 82.4 cm³/mol. The first-order valence-electron chi connectivity index (χ1n) is 6.34. The lowest BCUT2D eigenvalue weighted by Crippen LogP contribution is -2.06. The molecule has 0 aliphatic rings. The number of ether oxygens (including phenoxy) is 2. The molecule has 3 nitrogen and oxygen atoms in total. The van der Waals surface area contributed by atoms with E-state index in [4.69, 9.17) is 9.47 Å². The lowest BCUT2D eigenvalue weighted by atomic mass is 9.99. The average Bonchev–Trinajstić information content (AvgIpc) is 2.46. The number of rotatable bonds is 4. The first kappa shape index (κ1) is 15.8. The van der Waals surface area contributed by atoms with Gasteiger partial charge in [0.1, 0.15) is 27.9 Å². The Bertz CT molecular complexity index is 658. The minimum absolute atomic E-state index is 0.205. The Morgan fingerprint density at radius 1 is 1.10 bits per heavy atom. The lowest BCUT2D eigenvalue weighted by Gasteiger charge is -2.18. The fourth-order valence-corrected chi connectivity index (χ4v) is 2.84. The van der Waals surface area contributed by atoms with Gasteiger partial charge in [-0.05, 0) is 46.6 Å². The summed E-state index contributed by atoms with van der Waals surface area (Å²) in [6.07, 6.45) is -1.12. The van der Waals surface area contributed by atoms with Crippen molar-refractivity contribution < 1.29 is 19.0 Å². The van der Waals surface area contributed by atoms with Crippen LogP contribution in [0.3, 0.4) is 0 Å². The Morgan fingerprint density at radius 2 is 1.76 bits per heavy atom. The zero-order valence-corrected chi connectivity index (χ0v) is 13.6. The molecule has 2 rings (SSSR count). The van der Waals surface area contributed by atoms with Gasteiger partial charge >= 0.3 is 0 Å². The molecule has 5 heteroatoms. The van der Waals surface area contributed by atoms with Crippen molar-refractivity contribution in [2.24, 2.45) is 0 Å². The van der Waals surface area contributed by atoms with E-state index < -0.39 is 11.9 Å². The highest BCUT2D eigenvalue weighted by atomic mass is 79.9. The van der Waals surface area contributed by atoms with Crippen LogP contribution in [0.15, 0.2) is 34.8 Å². The van der Waals surface area contributed by atoms with Gasteiger partial charge in [-0.25, -0.2) is 4.39 Å². The van der Waals surface area contributed by atoms with Crippen LogP contribution in [0.1, 0.15) is 22.8 Å². The molecule has 0 saturated carbocycles. The van der Waals surface area contributed by atoms with Crippen LogP contribution in [0.5, 0.6) is 11.5 Å². The van der Waals surface area contributed by atoms with Crippen molar-refractivity contribution in [1.29, 1.82) is 0 Å². The summed E-state index contributed by atoms with van der Waals surface area (Å²) in [7, 11) is 3.02. The summed E-state index contributed by atoms with van der Waals surface area (Å²) >= 11 is 3.37. The van der Waals surface area contributed by atoms with Crippen LogP contribution in [-0.4, -0.2) is 19.3 Å². The summed E-state index contributed by atoms with van der Waals surface area (Å²) in [6, 6.07) is 8.08. The molecule has 1 unspecified atom stereocenters. The van der Waals surface area contributed by atoms with Crippen molar-refractivity contribution in [1.82, 2.24) is 0 Å². The van der Waals surface area contributed by atoms with Crippen LogP contribution in [0.25, 0.3) is 0 Å². The van der Waals surface area contributed by atoms with E-state index in [1.54, 1.807) is 31.2 Å². The molecule has 0 aliphatic carbocycles. The van der Waals surface area contributed by atoms with Crippen molar-refractivity contribution in [3.8, 4) is 11.5 Å². The third-order valence-corrected chi connectivity index (χ3v) is 4.01. The predicted octanol–water partition coefficient (Wildman–Crippen LogP) is 4.00. The standard InChI is InChI=1S/C16H16BrFO3/c1-9-4-5-10(12(18)8-9)15(19)11-6-7-13(20-2)14(17)16(11)21-3/h4-8,15,19H,1-3H3. The average molecular weight is 355 g/mol. The van der Waals surface area contributed by atoms with Gasteiger partial charge in [-0.3, -0.25) is 0 Å². The third-order valence-electron chi connectivity index (χ3n) is 3.26. The zero-order valence-electron chi connectivity index (χ0n) is 12.0. The molecule has 0 aliphatic heterocycles. The largest absolute Gasteiger partial charge is 0.495 e. The molecule has 0 aromatic heterocycles. The van der Waals surface area contributed by atoms with Crippen LogP contribution in [0.2, 0.25) is 0 Å². The van der Waals surface area contributed by atoms with Gasteiger partial charge in [0.25, 0.3) is 0 Å². The van der Waals surface area contributed by atoms with Gasteiger partial charge in [-0.2, -0.15) is 0 Å². The van der Waals surface area contributed by atoms with Crippen molar-refractivity contribution >= 4 is 15.9 Å². The Hall–Kier alpha value is -1.59. The molecule has 0 radical (unpaired) electrons. The molecule has 0 fully saturated rings. The van der Waals surface area contributed by atoms with E-state index in [2.05, 4.69) is 15.9 Å². The fraction of sp³-hybridized carbons (Fsp3) is 0.250. The smallest absolute Gasteiger partial charge is 0.142 e. The first-order valence-corrected chi connectivity index (χ1v) is 7.13. The highest BCUT2D eigenvalue weighted by molar-refractivity contribution is 9.10. The Balaban J connectivity index is 2.52. The van der Waals surface area contributed by atoms with Crippen LogP contribution >= 0.6 is 15.9 Å². The first-order chi connectivity index (χ1) is 9.99. The molecular weight excluding hydrogens is 339 g/mol. The summed E-state index contributed by atoms with van der Waals surface area (Å²) in [5, 5.41) is 10.5. The molecule has 0 bridgehead atoms. The second-order valence-electron chi connectivity index (χ2n) is 4.63. The molecule has 0 heterocycles. The van der Waals surface area contributed by atoms with Crippen LogP contribution in [0, 0.1) is 12.7 Å². The lowest BCUT2D eigenvalue weighted by molar-refractivity contribution is 0.209. The topological polar surface area (TPSA) is 38.7 Å². The minimum atomic E-state index is -1.12. The van der Waals surface area contributed by atoms with Crippen LogP contribution < -0.4 is 9.47 Å². The van der Waals surface area contributed by atoms with Crippen molar-refractivity contribution in [2.45, 2.75) is 13.0 Å². The SMILES string of the molecule is COc1ccc(C(O)c2ccc(C)cc2F)c(OC)c1Br. The maximum Gasteiger partial charge on any atom is 0.142 e. The Kier molecular flexibility index (Phi) is 4.85. The van der Waals surface area contributed by atoms with E-state index in [0.717, 1.165) is 5.56 Å². The normalized spacial score (nSPS) is 12.1. The Morgan fingerprint density at radius 3 is 2.33 bits per heavy atom. The minimum Gasteiger partial charge on any atom is -0.495 e. The molecule has 21 heavy (non-hydrogen) atoms. The molecule has 2 aromatic carbocycles. The van der Waals surface area contributed by atoms with E-state index in [9.17, 15) is 9.50 Å². The summed E-state index contributed by atoms with van der Waals surface area (Å²) in [4.78, 5) is 0. The van der Waals surface area contributed by atoms with Gasteiger partial charge in [0.05, 0.1) is 14.2 Å². The maximum atomic E-state index is 14.0. The van der Waals surface area contributed by atoms with Crippen molar-refractivity contribution in [3.05, 3.63) is 57.3 Å². The molecule has 0 amide bonds. The number of aliphatic hydroxyl groups is 1. The second kappa shape index (κ2) is 6.45. The van der Waals surface area contributed by atoms with Gasteiger partial charge < -0.3 is 14.6 Å². The summed E-state index contributed by atoms with van der Waals surface area (Å²) in [5.41, 5.74) is 1.47. The molecule has 2 aromatic rings. The van der Waals surface area contributed by atoms with Crippen LogP contribution in [-0.2, 0) is 0 Å². The van der Waals surface area contributed by atoms with Crippen molar-refractivity contribution in [3.63, 3.8) is 0 Å². The molecular formula is C16H16BrFO3. The molecule has 1 atom stereocenters. The number of benzene rings is 2. The van der Waals surface area contributed by atoms with E-state index in [1.807, 2.05) is 0 Å².